The largest absolute Gasteiger partial charge is 0.350 e. The monoisotopic (exact) mass is 410 g/mol. The van der Waals surface area contributed by atoms with Crippen LogP contribution in [-0.4, -0.2) is 20.6 Å². The fourth-order valence-electron chi connectivity index (χ4n) is 2.84. The highest BCUT2D eigenvalue weighted by molar-refractivity contribution is 6.30. The molecule has 2 aromatic carbocycles. The van der Waals surface area contributed by atoms with E-state index in [4.69, 9.17) is 16.1 Å². The summed E-state index contributed by atoms with van der Waals surface area (Å²) in [6, 6.07) is 17.0. The zero-order valence-electron chi connectivity index (χ0n) is 15.2. The molecule has 8 heteroatoms. The van der Waals surface area contributed by atoms with Crippen LogP contribution < -0.4 is 5.32 Å². The molecule has 146 valence electrons. The highest BCUT2D eigenvalue weighted by atomic mass is 35.5. The highest BCUT2D eigenvalue weighted by Crippen LogP contribution is 2.23. The molecule has 0 radical (unpaired) electrons. The number of amides is 1. The molecule has 0 spiro atoms. The summed E-state index contributed by atoms with van der Waals surface area (Å²) in [5, 5.41) is 7.33. The summed E-state index contributed by atoms with van der Waals surface area (Å²) in [4.78, 5) is 16.7. The van der Waals surface area contributed by atoms with Crippen molar-refractivity contribution in [3.8, 4) is 23.0 Å². The molecule has 0 aliphatic heterocycles. The number of hydrogen-bond donors (Lipinski definition) is 1. The Kier molecular flexibility index (Phi) is 5.39. The van der Waals surface area contributed by atoms with Crippen LogP contribution in [0.2, 0.25) is 5.02 Å². The zero-order chi connectivity index (χ0) is 20.2. The first kappa shape index (κ1) is 18.9. The predicted molar refractivity (Wildman–Crippen MR) is 106 cm³/mol. The van der Waals surface area contributed by atoms with E-state index >= 15 is 0 Å². The van der Waals surface area contributed by atoms with Gasteiger partial charge in [0.2, 0.25) is 11.7 Å². The second kappa shape index (κ2) is 8.28. The molecule has 0 fully saturated rings. The summed E-state index contributed by atoms with van der Waals surface area (Å²) >= 11 is 5.90. The lowest BCUT2D eigenvalue weighted by Gasteiger charge is -2.08. The number of nitrogens with zero attached hydrogens (tertiary/aromatic N) is 3. The molecule has 29 heavy (non-hydrogen) atoms. The lowest BCUT2D eigenvalue weighted by Crippen LogP contribution is -2.27. The summed E-state index contributed by atoms with van der Waals surface area (Å²) in [5.41, 5.74) is 1.81. The number of hydrogen-bond acceptors (Lipinski definition) is 4. The standard InChI is InChI=1S/C21H16ClFN4O2/c22-16-9-7-14(8-10-16)20-25-21(29-26-20)18-6-3-11-27(18)13-19(28)24-12-15-4-1-2-5-17(15)23/h1-11H,12-13H2,(H,24,28). The van der Waals surface area contributed by atoms with Gasteiger partial charge in [0.15, 0.2) is 0 Å². The van der Waals surface area contributed by atoms with Gasteiger partial charge in [-0.25, -0.2) is 4.39 Å². The third kappa shape index (κ3) is 4.35. The van der Waals surface area contributed by atoms with Crippen LogP contribution in [0.25, 0.3) is 23.0 Å². The Morgan fingerprint density at radius 3 is 2.69 bits per heavy atom. The fraction of sp³-hybridized carbons (Fsp3) is 0.0952. The second-order valence-corrected chi connectivity index (χ2v) is 6.76. The average molecular weight is 411 g/mol. The van der Waals surface area contributed by atoms with Crippen molar-refractivity contribution >= 4 is 17.5 Å². The number of rotatable bonds is 6. The molecule has 6 nitrogen and oxygen atoms in total. The molecule has 0 unspecified atom stereocenters. The lowest BCUT2D eigenvalue weighted by molar-refractivity contribution is -0.121. The van der Waals surface area contributed by atoms with E-state index in [0.717, 1.165) is 5.56 Å². The molecular weight excluding hydrogens is 395 g/mol. The van der Waals surface area contributed by atoms with Gasteiger partial charge in [0.25, 0.3) is 5.89 Å². The Bertz CT molecular complexity index is 1140. The van der Waals surface area contributed by atoms with Crippen LogP contribution in [-0.2, 0) is 17.9 Å². The van der Waals surface area contributed by atoms with E-state index in [9.17, 15) is 9.18 Å². The van der Waals surface area contributed by atoms with Crippen LogP contribution >= 0.6 is 11.6 Å². The Labute approximate surface area is 170 Å². The highest BCUT2D eigenvalue weighted by Gasteiger charge is 2.15. The first-order chi connectivity index (χ1) is 14.1. The van der Waals surface area contributed by atoms with Crippen molar-refractivity contribution in [2.75, 3.05) is 0 Å². The summed E-state index contributed by atoms with van der Waals surface area (Å²) in [7, 11) is 0. The summed E-state index contributed by atoms with van der Waals surface area (Å²) in [6.45, 7) is 0.152. The molecule has 0 aliphatic carbocycles. The van der Waals surface area contributed by atoms with Gasteiger partial charge in [0, 0.05) is 28.9 Å². The van der Waals surface area contributed by atoms with Gasteiger partial charge >= 0.3 is 0 Å². The maximum atomic E-state index is 13.7. The van der Waals surface area contributed by atoms with Gasteiger partial charge < -0.3 is 14.4 Å². The van der Waals surface area contributed by atoms with E-state index in [1.165, 1.54) is 6.07 Å². The minimum atomic E-state index is -0.352. The van der Waals surface area contributed by atoms with E-state index in [0.29, 0.717) is 28.0 Å². The van der Waals surface area contributed by atoms with Crippen molar-refractivity contribution < 1.29 is 13.7 Å². The van der Waals surface area contributed by atoms with Gasteiger partial charge in [-0.05, 0) is 42.5 Å². The summed E-state index contributed by atoms with van der Waals surface area (Å²) < 4.78 is 20.7. The molecule has 1 N–H and O–H groups in total. The molecule has 0 atom stereocenters. The van der Waals surface area contributed by atoms with Crippen LogP contribution in [0.5, 0.6) is 0 Å². The van der Waals surface area contributed by atoms with Gasteiger partial charge in [-0.15, -0.1) is 0 Å². The minimum Gasteiger partial charge on any atom is -0.350 e. The van der Waals surface area contributed by atoms with E-state index in [1.54, 1.807) is 65.4 Å². The van der Waals surface area contributed by atoms with Gasteiger partial charge in [0.1, 0.15) is 18.1 Å². The summed E-state index contributed by atoms with van der Waals surface area (Å²) in [5.74, 6) is 0.105. The first-order valence-corrected chi connectivity index (χ1v) is 9.23. The average Bonchev–Trinajstić information content (AvgIpc) is 3.37. The van der Waals surface area contributed by atoms with Gasteiger partial charge in [-0.3, -0.25) is 4.79 Å². The quantitative estimate of drug-likeness (QED) is 0.514. The first-order valence-electron chi connectivity index (χ1n) is 8.85. The normalized spacial score (nSPS) is 10.8. The van der Waals surface area contributed by atoms with Crippen molar-refractivity contribution in [3.05, 3.63) is 83.3 Å². The Morgan fingerprint density at radius 1 is 1.10 bits per heavy atom. The van der Waals surface area contributed by atoms with Crippen LogP contribution in [0.1, 0.15) is 5.56 Å². The maximum absolute atomic E-state index is 13.7. The van der Waals surface area contributed by atoms with Crippen LogP contribution in [0.4, 0.5) is 4.39 Å². The fourth-order valence-corrected chi connectivity index (χ4v) is 2.96. The summed E-state index contributed by atoms with van der Waals surface area (Å²) in [6.07, 6.45) is 1.74. The second-order valence-electron chi connectivity index (χ2n) is 6.32. The zero-order valence-corrected chi connectivity index (χ0v) is 15.9. The number of benzene rings is 2. The lowest BCUT2D eigenvalue weighted by atomic mass is 10.2. The van der Waals surface area contributed by atoms with Crippen LogP contribution in [0.15, 0.2) is 71.4 Å². The molecule has 4 aromatic rings. The van der Waals surface area contributed by atoms with E-state index in [-0.39, 0.29) is 24.8 Å². The number of nitrogens with one attached hydrogen (secondary N) is 1. The van der Waals surface area contributed by atoms with Gasteiger partial charge in [-0.1, -0.05) is 35.0 Å². The molecule has 2 aromatic heterocycles. The predicted octanol–water partition coefficient (Wildman–Crippen LogP) is 4.31. The van der Waals surface area contributed by atoms with Crippen LogP contribution in [0, 0.1) is 5.82 Å². The third-order valence-electron chi connectivity index (χ3n) is 4.32. The van der Waals surface area contributed by atoms with Crippen molar-refractivity contribution in [2.24, 2.45) is 0 Å². The van der Waals surface area contributed by atoms with Crippen molar-refractivity contribution in [3.63, 3.8) is 0 Å². The minimum absolute atomic E-state index is 0.0371. The van der Waals surface area contributed by atoms with Gasteiger partial charge in [-0.2, -0.15) is 4.98 Å². The molecule has 2 heterocycles. The Balaban J connectivity index is 1.45. The van der Waals surface area contributed by atoms with Crippen molar-refractivity contribution in [2.45, 2.75) is 13.1 Å². The molecule has 1 amide bonds. The maximum Gasteiger partial charge on any atom is 0.274 e. The molecule has 0 aliphatic rings. The number of aromatic nitrogens is 3. The van der Waals surface area contributed by atoms with Crippen LogP contribution in [0.3, 0.4) is 0 Å². The topological polar surface area (TPSA) is 73.0 Å². The Morgan fingerprint density at radius 2 is 1.90 bits per heavy atom. The van der Waals surface area contributed by atoms with E-state index < -0.39 is 0 Å². The van der Waals surface area contributed by atoms with Gasteiger partial charge in [0.05, 0.1) is 0 Å². The third-order valence-corrected chi connectivity index (χ3v) is 4.58. The molecule has 0 saturated heterocycles. The molecule has 0 saturated carbocycles. The SMILES string of the molecule is O=C(Cn1cccc1-c1nc(-c2ccc(Cl)cc2)no1)NCc1ccccc1F. The molecule has 0 bridgehead atoms. The Hall–Kier alpha value is -3.45. The van der Waals surface area contributed by atoms with E-state index in [2.05, 4.69) is 15.5 Å². The smallest absolute Gasteiger partial charge is 0.274 e. The number of halogens is 2. The van der Waals surface area contributed by atoms with Crippen molar-refractivity contribution in [1.29, 1.82) is 0 Å². The van der Waals surface area contributed by atoms with Crippen molar-refractivity contribution in [1.82, 2.24) is 20.0 Å². The molecular formula is C21H16ClFN4O2. The molecule has 4 rings (SSSR count). The number of carbonyl (C=O) groups excluding carboxylic acids is 1. The van der Waals surface area contributed by atoms with E-state index in [1.807, 2.05) is 0 Å². The number of carbonyl (C=O) groups is 1.